The van der Waals surface area contributed by atoms with E-state index in [1.54, 1.807) is 0 Å². The van der Waals surface area contributed by atoms with Crippen LogP contribution in [0.3, 0.4) is 0 Å². The number of benzene rings is 1. The van der Waals surface area contributed by atoms with Gasteiger partial charge in [-0.15, -0.1) is 0 Å². The van der Waals surface area contributed by atoms with E-state index >= 15 is 0 Å². The highest BCUT2D eigenvalue weighted by Gasteiger charge is 2.29. The van der Waals surface area contributed by atoms with E-state index in [9.17, 15) is 9.90 Å². The third-order valence-electron chi connectivity index (χ3n) is 4.04. The quantitative estimate of drug-likeness (QED) is 0.887. The molecule has 3 nitrogen and oxygen atoms in total. The van der Waals surface area contributed by atoms with E-state index in [-0.39, 0.29) is 11.8 Å². The van der Waals surface area contributed by atoms with Crippen LogP contribution in [-0.4, -0.2) is 24.3 Å². The van der Waals surface area contributed by atoms with Gasteiger partial charge >= 0.3 is 5.97 Å². The molecule has 3 heteroatoms. The highest BCUT2D eigenvalue weighted by atomic mass is 16.5. The summed E-state index contributed by atoms with van der Waals surface area (Å²) in [4.78, 5) is 11.5. The molecule has 1 saturated heterocycles. The average molecular weight is 262 g/mol. The first-order valence-corrected chi connectivity index (χ1v) is 7.09. The zero-order chi connectivity index (χ0) is 13.7. The minimum absolute atomic E-state index is 0.247. The monoisotopic (exact) mass is 262 g/mol. The van der Waals surface area contributed by atoms with Crippen molar-refractivity contribution in [3.05, 3.63) is 35.4 Å². The number of hydrogen-bond donors (Lipinski definition) is 1. The molecule has 1 heterocycles. The van der Waals surface area contributed by atoms with E-state index < -0.39 is 5.97 Å². The number of carboxylic acids is 1. The van der Waals surface area contributed by atoms with Crippen molar-refractivity contribution in [2.75, 3.05) is 13.2 Å². The molecule has 1 atom stereocenters. The van der Waals surface area contributed by atoms with E-state index in [4.69, 9.17) is 4.74 Å². The third-order valence-corrected chi connectivity index (χ3v) is 4.04. The maximum atomic E-state index is 11.5. The predicted molar refractivity (Wildman–Crippen MR) is 74.2 cm³/mol. The highest BCUT2D eigenvalue weighted by Crippen LogP contribution is 2.27. The molecule has 0 aromatic heterocycles. The van der Waals surface area contributed by atoms with Gasteiger partial charge in [0.25, 0.3) is 0 Å². The van der Waals surface area contributed by atoms with E-state index in [0.29, 0.717) is 19.6 Å². The molecule has 0 bridgehead atoms. The van der Waals surface area contributed by atoms with Crippen molar-refractivity contribution in [3.8, 4) is 0 Å². The molecule has 1 fully saturated rings. The number of ether oxygens (including phenoxy) is 1. The van der Waals surface area contributed by atoms with Crippen LogP contribution in [0.2, 0.25) is 0 Å². The topological polar surface area (TPSA) is 46.5 Å². The molecule has 0 saturated carbocycles. The second-order valence-corrected chi connectivity index (χ2v) is 5.27. The normalized spacial score (nSPS) is 18.2. The first-order valence-electron chi connectivity index (χ1n) is 7.09. The Bertz CT molecular complexity index is 405. The first-order chi connectivity index (χ1) is 9.20. The summed E-state index contributed by atoms with van der Waals surface area (Å²) in [6, 6.07) is 8.32. The lowest BCUT2D eigenvalue weighted by Crippen LogP contribution is -2.30. The molecular weight excluding hydrogens is 240 g/mol. The third kappa shape index (κ3) is 3.80. The lowest BCUT2D eigenvalue weighted by molar-refractivity contribution is -0.145. The second-order valence-electron chi connectivity index (χ2n) is 5.27. The van der Waals surface area contributed by atoms with Crippen molar-refractivity contribution in [2.45, 2.75) is 32.6 Å². The van der Waals surface area contributed by atoms with Gasteiger partial charge in [0, 0.05) is 13.2 Å². The molecule has 0 aliphatic carbocycles. The number of aliphatic carboxylic acids is 1. The Balaban J connectivity index is 2.04. The van der Waals surface area contributed by atoms with Crippen LogP contribution in [-0.2, 0) is 22.4 Å². The second kappa shape index (κ2) is 6.71. The molecule has 0 radical (unpaired) electrons. The van der Waals surface area contributed by atoms with Gasteiger partial charge in [0.05, 0.1) is 5.92 Å². The SMILES string of the molecule is CCc1ccc(CC(C(=O)O)C2CCOCC2)cc1. The van der Waals surface area contributed by atoms with Crippen molar-refractivity contribution < 1.29 is 14.6 Å². The summed E-state index contributed by atoms with van der Waals surface area (Å²) in [7, 11) is 0. The molecule has 1 aliphatic rings. The Morgan fingerprint density at radius 1 is 1.26 bits per heavy atom. The predicted octanol–water partition coefficient (Wildman–Crippen LogP) is 2.92. The number of carboxylic acid groups (broad SMARTS) is 1. The van der Waals surface area contributed by atoms with Crippen molar-refractivity contribution in [2.24, 2.45) is 11.8 Å². The van der Waals surface area contributed by atoms with Gasteiger partial charge in [-0.05, 0) is 42.7 Å². The van der Waals surface area contributed by atoms with E-state index in [0.717, 1.165) is 24.8 Å². The Kier molecular flexibility index (Phi) is 4.97. The van der Waals surface area contributed by atoms with E-state index in [1.807, 2.05) is 0 Å². The summed E-state index contributed by atoms with van der Waals surface area (Å²) in [5.74, 6) is -0.708. The van der Waals surface area contributed by atoms with Gasteiger partial charge in [0.1, 0.15) is 0 Å². The number of carbonyl (C=O) groups is 1. The number of rotatable bonds is 5. The largest absolute Gasteiger partial charge is 0.481 e. The minimum atomic E-state index is -0.675. The molecule has 1 unspecified atom stereocenters. The molecule has 19 heavy (non-hydrogen) atoms. The maximum absolute atomic E-state index is 11.5. The minimum Gasteiger partial charge on any atom is -0.481 e. The summed E-state index contributed by atoms with van der Waals surface area (Å²) < 4.78 is 5.32. The van der Waals surface area contributed by atoms with E-state index in [2.05, 4.69) is 31.2 Å². The summed E-state index contributed by atoms with van der Waals surface area (Å²) in [5.41, 5.74) is 2.41. The van der Waals surface area contributed by atoms with Gasteiger partial charge in [-0.2, -0.15) is 0 Å². The van der Waals surface area contributed by atoms with Gasteiger partial charge in [-0.25, -0.2) is 0 Å². The summed E-state index contributed by atoms with van der Waals surface area (Å²) in [5, 5.41) is 9.45. The lowest BCUT2D eigenvalue weighted by Gasteiger charge is -2.27. The average Bonchev–Trinajstić information content (AvgIpc) is 2.46. The molecular formula is C16H22O3. The molecule has 0 amide bonds. The van der Waals surface area contributed by atoms with Crippen molar-refractivity contribution in [1.82, 2.24) is 0 Å². The maximum Gasteiger partial charge on any atom is 0.307 e. The van der Waals surface area contributed by atoms with Crippen LogP contribution in [0, 0.1) is 11.8 Å². The summed E-state index contributed by atoms with van der Waals surface area (Å²) in [6.07, 6.45) is 3.38. The Morgan fingerprint density at radius 3 is 2.37 bits per heavy atom. The van der Waals surface area contributed by atoms with Crippen LogP contribution in [0.1, 0.15) is 30.9 Å². The molecule has 2 rings (SSSR count). The summed E-state index contributed by atoms with van der Waals surface area (Å²) >= 11 is 0. The zero-order valence-corrected chi connectivity index (χ0v) is 11.5. The Hall–Kier alpha value is -1.35. The molecule has 1 aromatic carbocycles. The number of aryl methyl sites for hydroxylation is 1. The molecule has 1 aliphatic heterocycles. The molecule has 0 spiro atoms. The Labute approximate surface area is 114 Å². The van der Waals surface area contributed by atoms with Crippen molar-refractivity contribution in [3.63, 3.8) is 0 Å². The van der Waals surface area contributed by atoms with E-state index in [1.165, 1.54) is 5.56 Å². The molecule has 1 N–H and O–H groups in total. The molecule has 1 aromatic rings. The lowest BCUT2D eigenvalue weighted by atomic mass is 9.82. The van der Waals surface area contributed by atoms with Crippen LogP contribution in [0.5, 0.6) is 0 Å². The standard InChI is InChI=1S/C16H22O3/c1-2-12-3-5-13(6-4-12)11-15(16(17)18)14-7-9-19-10-8-14/h3-6,14-15H,2,7-11H2,1H3,(H,17,18). The van der Waals surface area contributed by atoms with Gasteiger partial charge in [-0.1, -0.05) is 31.2 Å². The van der Waals surface area contributed by atoms with Gasteiger partial charge in [0.15, 0.2) is 0 Å². The fourth-order valence-corrected chi connectivity index (χ4v) is 2.74. The van der Waals surface area contributed by atoms with Crippen molar-refractivity contribution >= 4 is 5.97 Å². The first kappa shape index (κ1) is 14.1. The van der Waals surface area contributed by atoms with Crippen molar-refractivity contribution in [1.29, 1.82) is 0 Å². The zero-order valence-electron chi connectivity index (χ0n) is 11.5. The fourth-order valence-electron chi connectivity index (χ4n) is 2.74. The number of hydrogen-bond acceptors (Lipinski definition) is 2. The van der Waals surface area contributed by atoms with Crippen LogP contribution < -0.4 is 0 Å². The van der Waals surface area contributed by atoms with Gasteiger partial charge in [-0.3, -0.25) is 4.79 Å². The smallest absolute Gasteiger partial charge is 0.307 e. The van der Waals surface area contributed by atoms with Crippen LogP contribution in [0.25, 0.3) is 0 Å². The van der Waals surface area contributed by atoms with Gasteiger partial charge in [0.2, 0.25) is 0 Å². The highest BCUT2D eigenvalue weighted by molar-refractivity contribution is 5.70. The molecule has 104 valence electrons. The summed E-state index contributed by atoms with van der Waals surface area (Å²) in [6.45, 7) is 3.52. The van der Waals surface area contributed by atoms with Crippen LogP contribution in [0.4, 0.5) is 0 Å². The van der Waals surface area contributed by atoms with Gasteiger partial charge < -0.3 is 9.84 Å². The Morgan fingerprint density at radius 2 is 1.84 bits per heavy atom. The van der Waals surface area contributed by atoms with Crippen LogP contribution >= 0.6 is 0 Å². The van der Waals surface area contributed by atoms with Crippen LogP contribution in [0.15, 0.2) is 24.3 Å². The fraction of sp³-hybridized carbons (Fsp3) is 0.562.